The van der Waals surface area contributed by atoms with Crippen LogP contribution in [-0.4, -0.2) is 24.6 Å². The van der Waals surface area contributed by atoms with Crippen molar-refractivity contribution in [1.29, 1.82) is 0 Å². The van der Waals surface area contributed by atoms with Crippen molar-refractivity contribution in [3.05, 3.63) is 35.4 Å². The van der Waals surface area contributed by atoms with E-state index in [-0.39, 0.29) is 23.1 Å². The van der Waals surface area contributed by atoms with Gasteiger partial charge in [-0.2, -0.15) is 0 Å². The normalized spacial score (nSPS) is 12.0. The van der Waals surface area contributed by atoms with E-state index in [2.05, 4.69) is 6.92 Å². The highest BCUT2D eigenvalue weighted by molar-refractivity contribution is 6.03. The minimum atomic E-state index is -0.458. The molecular formula is C24H38O4. The van der Waals surface area contributed by atoms with E-state index in [0.29, 0.717) is 6.61 Å². The fraction of sp³-hybridized carbons (Fsp3) is 0.667. The standard InChI is InChI=1S/C24H38O4/c1-5-7-8-9-10-11-12-15-18-27-23(25)20-16-13-14-17-21(20)24(26)28-22(6-2)19(3)4/h13-14,16-17,19,22H,5-12,15,18H2,1-4H3. The number of esters is 2. The minimum Gasteiger partial charge on any atom is -0.462 e. The highest BCUT2D eigenvalue weighted by atomic mass is 16.5. The molecule has 0 aromatic heterocycles. The van der Waals surface area contributed by atoms with E-state index in [1.807, 2.05) is 20.8 Å². The van der Waals surface area contributed by atoms with Crippen molar-refractivity contribution < 1.29 is 19.1 Å². The maximum Gasteiger partial charge on any atom is 0.339 e. The zero-order chi connectivity index (χ0) is 20.8. The second-order valence-electron chi connectivity index (χ2n) is 7.75. The molecule has 28 heavy (non-hydrogen) atoms. The van der Waals surface area contributed by atoms with Crippen molar-refractivity contribution in [2.75, 3.05) is 6.61 Å². The topological polar surface area (TPSA) is 52.6 Å². The Morgan fingerprint density at radius 2 is 1.36 bits per heavy atom. The molecule has 4 nitrogen and oxygen atoms in total. The summed E-state index contributed by atoms with van der Waals surface area (Å²) in [6.07, 6.45) is 10.1. The lowest BCUT2D eigenvalue weighted by molar-refractivity contribution is 0.0167. The summed E-state index contributed by atoms with van der Waals surface area (Å²) >= 11 is 0. The van der Waals surface area contributed by atoms with Crippen molar-refractivity contribution in [2.24, 2.45) is 5.92 Å². The Balaban J connectivity index is 2.46. The number of hydrogen-bond donors (Lipinski definition) is 0. The number of ether oxygens (including phenoxy) is 2. The molecule has 0 N–H and O–H groups in total. The molecule has 1 unspecified atom stereocenters. The summed E-state index contributed by atoms with van der Waals surface area (Å²) in [6, 6.07) is 6.73. The summed E-state index contributed by atoms with van der Waals surface area (Å²) in [6.45, 7) is 8.64. The summed E-state index contributed by atoms with van der Waals surface area (Å²) in [5, 5.41) is 0. The van der Waals surface area contributed by atoms with Crippen LogP contribution in [0.2, 0.25) is 0 Å². The zero-order valence-corrected chi connectivity index (χ0v) is 18.2. The van der Waals surface area contributed by atoms with E-state index in [0.717, 1.165) is 19.3 Å². The smallest absolute Gasteiger partial charge is 0.339 e. The number of hydrogen-bond acceptors (Lipinski definition) is 4. The molecule has 0 amide bonds. The zero-order valence-electron chi connectivity index (χ0n) is 18.2. The number of benzene rings is 1. The number of unbranched alkanes of at least 4 members (excludes halogenated alkanes) is 7. The highest BCUT2D eigenvalue weighted by Gasteiger charge is 2.22. The number of rotatable bonds is 14. The number of carbonyl (C=O) groups excluding carboxylic acids is 2. The Kier molecular flexibility index (Phi) is 12.3. The summed E-state index contributed by atoms with van der Waals surface area (Å²) in [5.41, 5.74) is 0.563. The quantitative estimate of drug-likeness (QED) is 0.266. The molecule has 1 atom stereocenters. The van der Waals surface area contributed by atoms with Crippen LogP contribution in [0.4, 0.5) is 0 Å². The third kappa shape index (κ3) is 8.90. The van der Waals surface area contributed by atoms with Gasteiger partial charge in [-0.1, -0.05) is 84.8 Å². The van der Waals surface area contributed by atoms with Gasteiger partial charge in [0.25, 0.3) is 0 Å². The molecule has 0 aliphatic heterocycles. The molecule has 0 saturated heterocycles. The van der Waals surface area contributed by atoms with Gasteiger partial charge in [-0.3, -0.25) is 0 Å². The second-order valence-corrected chi connectivity index (χ2v) is 7.75. The molecule has 1 rings (SSSR count). The molecule has 0 fully saturated rings. The second kappa shape index (κ2) is 14.2. The van der Waals surface area contributed by atoms with Crippen LogP contribution < -0.4 is 0 Å². The maximum atomic E-state index is 12.5. The molecule has 1 aromatic rings. The van der Waals surface area contributed by atoms with Gasteiger partial charge in [0.15, 0.2) is 0 Å². The van der Waals surface area contributed by atoms with Crippen LogP contribution in [0.1, 0.15) is 106 Å². The highest BCUT2D eigenvalue weighted by Crippen LogP contribution is 2.17. The van der Waals surface area contributed by atoms with Crippen molar-refractivity contribution in [1.82, 2.24) is 0 Å². The van der Waals surface area contributed by atoms with Gasteiger partial charge in [0.05, 0.1) is 17.7 Å². The van der Waals surface area contributed by atoms with Crippen molar-refractivity contribution in [3.8, 4) is 0 Å². The van der Waals surface area contributed by atoms with Crippen LogP contribution >= 0.6 is 0 Å². The van der Waals surface area contributed by atoms with Crippen LogP contribution in [0.25, 0.3) is 0 Å². The molecule has 0 aliphatic rings. The van der Waals surface area contributed by atoms with Crippen LogP contribution in [0.15, 0.2) is 24.3 Å². The maximum absolute atomic E-state index is 12.5. The first-order valence-electron chi connectivity index (χ1n) is 11.0. The van der Waals surface area contributed by atoms with Crippen LogP contribution in [0, 0.1) is 5.92 Å². The summed E-state index contributed by atoms with van der Waals surface area (Å²) < 4.78 is 11.0. The van der Waals surface area contributed by atoms with Crippen molar-refractivity contribution in [3.63, 3.8) is 0 Å². The summed E-state index contributed by atoms with van der Waals surface area (Å²) in [5.74, 6) is -0.677. The van der Waals surface area contributed by atoms with Gasteiger partial charge in [0.1, 0.15) is 6.10 Å². The van der Waals surface area contributed by atoms with E-state index in [1.165, 1.54) is 38.5 Å². The van der Waals surface area contributed by atoms with E-state index in [1.54, 1.807) is 24.3 Å². The monoisotopic (exact) mass is 390 g/mol. The van der Waals surface area contributed by atoms with Crippen molar-refractivity contribution >= 4 is 11.9 Å². The Morgan fingerprint density at radius 3 is 1.89 bits per heavy atom. The molecule has 158 valence electrons. The largest absolute Gasteiger partial charge is 0.462 e. The molecular weight excluding hydrogens is 352 g/mol. The lowest BCUT2D eigenvalue weighted by Gasteiger charge is -2.20. The first-order valence-corrected chi connectivity index (χ1v) is 11.0. The predicted molar refractivity (Wildman–Crippen MR) is 114 cm³/mol. The lowest BCUT2D eigenvalue weighted by Crippen LogP contribution is -2.24. The molecule has 0 radical (unpaired) electrons. The van der Waals surface area contributed by atoms with Gasteiger partial charge in [-0.05, 0) is 30.9 Å². The molecule has 0 spiro atoms. The van der Waals surface area contributed by atoms with Gasteiger partial charge in [-0.15, -0.1) is 0 Å². The Morgan fingerprint density at radius 1 is 0.821 bits per heavy atom. The van der Waals surface area contributed by atoms with E-state index in [4.69, 9.17) is 9.47 Å². The van der Waals surface area contributed by atoms with Gasteiger partial charge >= 0.3 is 11.9 Å². The molecule has 0 heterocycles. The third-order valence-corrected chi connectivity index (χ3v) is 5.00. The molecule has 4 heteroatoms. The van der Waals surface area contributed by atoms with Gasteiger partial charge in [0, 0.05) is 0 Å². The van der Waals surface area contributed by atoms with E-state index >= 15 is 0 Å². The molecule has 0 saturated carbocycles. The lowest BCUT2D eigenvalue weighted by atomic mass is 10.0. The Labute approximate surface area is 171 Å². The van der Waals surface area contributed by atoms with Crippen LogP contribution in [-0.2, 0) is 9.47 Å². The fourth-order valence-electron chi connectivity index (χ4n) is 3.21. The minimum absolute atomic E-state index is 0.158. The Bertz CT molecular complexity index is 580. The first kappa shape index (κ1) is 24.2. The molecule has 1 aromatic carbocycles. The first-order chi connectivity index (χ1) is 13.5. The van der Waals surface area contributed by atoms with Gasteiger partial charge in [0.2, 0.25) is 0 Å². The fourth-order valence-corrected chi connectivity index (χ4v) is 3.21. The third-order valence-electron chi connectivity index (χ3n) is 5.00. The average Bonchev–Trinajstić information content (AvgIpc) is 2.70. The Hall–Kier alpha value is -1.84. The van der Waals surface area contributed by atoms with Gasteiger partial charge in [-0.25, -0.2) is 9.59 Å². The van der Waals surface area contributed by atoms with Gasteiger partial charge < -0.3 is 9.47 Å². The average molecular weight is 391 g/mol. The number of carbonyl (C=O) groups is 2. The molecule has 0 bridgehead atoms. The SMILES string of the molecule is CCCCCCCCCCOC(=O)c1ccccc1C(=O)OC(CC)C(C)C. The van der Waals surface area contributed by atoms with Crippen LogP contribution in [0.3, 0.4) is 0 Å². The van der Waals surface area contributed by atoms with E-state index < -0.39 is 11.9 Å². The van der Waals surface area contributed by atoms with Crippen LogP contribution in [0.5, 0.6) is 0 Å². The van der Waals surface area contributed by atoms with E-state index in [9.17, 15) is 9.59 Å². The summed E-state index contributed by atoms with van der Waals surface area (Å²) in [4.78, 5) is 25.0. The van der Waals surface area contributed by atoms with Crippen molar-refractivity contribution in [2.45, 2.75) is 91.6 Å². The molecule has 0 aliphatic carbocycles. The predicted octanol–water partition coefficient (Wildman–Crippen LogP) is 6.58. The summed E-state index contributed by atoms with van der Waals surface area (Å²) in [7, 11) is 0.